The van der Waals surface area contributed by atoms with E-state index in [1.807, 2.05) is 0 Å². The van der Waals surface area contributed by atoms with Crippen LogP contribution in [0.15, 0.2) is 48.3 Å². The highest BCUT2D eigenvalue weighted by Gasteiger charge is 2.21. The lowest BCUT2D eigenvalue weighted by Crippen LogP contribution is -2.35. The fourth-order valence-corrected chi connectivity index (χ4v) is 2.38. The zero-order valence-electron chi connectivity index (χ0n) is 11.5. The fourth-order valence-electron chi connectivity index (χ4n) is 1.65. The summed E-state index contributed by atoms with van der Waals surface area (Å²) in [6.07, 6.45) is 4.38. The van der Waals surface area contributed by atoms with Gasteiger partial charge < -0.3 is 14.9 Å². The second-order valence-corrected chi connectivity index (χ2v) is 5.92. The van der Waals surface area contributed by atoms with Crippen LogP contribution in [0.3, 0.4) is 0 Å². The highest BCUT2D eigenvalue weighted by molar-refractivity contribution is 7.90. The summed E-state index contributed by atoms with van der Waals surface area (Å²) >= 11 is 0. The van der Waals surface area contributed by atoms with Gasteiger partial charge in [-0.25, -0.2) is 9.78 Å². The first-order valence-corrected chi connectivity index (χ1v) is 7.88. The molecule has 1 atom stereocenters. The van der Waals surface area contributed by atoms with Gasteiger partial charge in [-0.15, -0.1) is 0 Å². The first-order valence-electron chi connectivity index (χ1n) is 6.40. The van der Waals surface area contributed by atoms with Crippen molar-refractivity contribution in [3.8, 4) is 0 Å². The minimum absolute atomic E-state index is 0.108. The summed E-state index contributed by atoms with van der Waals surface area (Å²) in [5.74, 6) is -1.02. The maximum Gasteiger partial charge on any atom is 0.339 e. The van der Waals surface area contributed by atoms with Crippen LogP contribution in [0.1, 0.15) is 11.3 Å². The first-order chi connectivity index (χ1) is 10.5. The number of H-pyrrole nitrogens is 1. The van der Waals surface area contributed by atoms with E-state index in [1.54, 1.807) is 30.3 Å². The van der Waals surface area contributed by atoms with Crippen molar-refractivity contribution in [3.05, 3.63) is 59.5 Å². The van der Waals surface area contributed by atoms with Gasteiger partial charge in [0.2, 0.25) is 0 Å². The zero-order valence-corrected chi connectivity index (χ0v) is 12.4. The molecule has 7 nitrogen and oxygen atoms in total. The summed E-state index contributed by atoms with van der Waals surface area (Å²) in [5, 5.41) is 0.823. The van der Waals surface area contributed by atoms with Crippen LogP contribution in [0.4, 0.5) is 0 Å². The van der Waals surface area contributed by atoms with E-state index in [4.69, 9.17) is 5.73 Å². The number of hydrogen-bond donors (Lipinski definition) is 2. The standard InChI is InChI=1S/C14H15N3O4S/c15-13(8-12-9-16-10-17-12)14(18)21-22(19,20)7-6-11-4-2-1-3-5-11/h1-7,9-10,13H,8,15H2,(H,16,17)/t13-/m0/s1. The van der Waals surface area contributed by atoms with E-state index in [2.05, 4.69) is 14.2 Å². The highest BCUT2D eigenvalue weighted by atomic mass is 32.2. The average Bonchev–Trinajstić information content (AvgIpc) is 2.99. The Labute approximate surface area is 128 Å². The molecule has 1 aromatic carbocycles. The minimum Gasteiger partial charge on any atom is -0.348 e. The number of benzene rings is 1. The molecule has 2 aromatic rings. The average molecular weight is 321 g/mol. The Bertz CT molecular complexity index is 740. The molecule has 1 aromatic heterocycles. The quantitative estimate of drug-likeness (QED) is 0.761. The number of carbonyl (C=O) groups is 1. The molecule has 0 aliphatic carbocycles. The van der Waals surface area contributed by atoms with Crippen molar-refractivity contribution in [1.82, 2.24) is 9.97 Å². The van der Waals surface area contributed by atoms with Gasteiger partial charge in [-0.2, -0.15) is 8.42 Å². The van der Waals surface area contributed by atoms with Gasteiger partial charge in [0.15, 0.2) is 0 Å². The molecule has 3 N–H and O–H groups in total. The predicted octanol–water partition coefficient (Wildman–Crippen LogP) is 0.823. The monoisotopic (exact) mass is 321 g/mol. The van der Waals surface area contributed by atoms with Crippen LogP contribution in [0.2, 0.25) is 0 Å². The molecule has 0 spiro atoms. The summed E-state index contributed by atoms with van der Waals surface area (Å²) in [7, 11) is -4.14. The van der Waals surface area contributed by atoms with E-state index < -0.39 is 22.1 Å². The van der Waals surface area contributed by atoms with Crippen molar-refractivity contribution in [2.45, 2.75) is 12.5 Å². The van der Waals surface area contributed by atoms with Crippen LogP contribution < -0.4 is 5.73 Å². The van der Waals surface area contributed by atoms with Crippen LogP contribution in [-0.4, -0.2) is 30.4 Å². The lowest BCUT2D eigenvalue weighted by atomic mass is 10.2. The van der Waals surface area contributed by atoms with Gasteiger partial charge in [-0.05, 0) is 11.6 Å². The molecule has 116 valence electrons. The Morgan fingerprint density at radius 1 is 1.36 bits per heavy atom. The molecule has 0 aliphatic heterocycles. The molecule has 8 heteroatoms. The Hall–Kier alpha value is -2.45. The summed E-state index contributed by atoms with van der Waals surface area (Å²) in [6.45, 7) is 0. The fraction of sp³-hybridized carbons (Fsp3) is 0.143. The van der Waals surface area contributed by atoms with Crippen molar-refractivity contribution in [2.24, 2.45) is 5.73 Å². The summed E-state index contributed by atoms with van der Waals surface area (Å²) in [6, 6.07) is 7.67. The molecule has 0 saturated carbocycles. The largest absolute Gasteiger partial charge is 0.348 e. The molecule has 0 unspecified atom stereocenters. The third kappa shape index (κ3) is 4.83. The molecule has 1 heterocycles. The number of nitrogens with one attached hydrogen (secondary N) is 1. The first kappa shape index (κ1) is 15.9. The molecule has 0 saturated heterocycles. The van der Waals surface area contributed by atoms with E-state index in [-0.39, 0.29) is 6.42 Å². The van der Waals surface area contributed by atoms with Crippen LogP contribution in [-0.2, 0) is 25.5 Å². The third-order valence-electron chi connectivity index (χ3n) is 2.72. The number of imidazole rings is 1. The van der Waals surface area contributed by atoms with Gasteiger partial charge in [0.25, 0.3) is 0 Å². The maximum atomic E-state index is 11.7. The number of nitrogens with two attached hydrogens (primary N) is 1. The molecule has 0 aliphatic rings. The molecular weight excluding hydrogens is 306 g/mol. The van der Waals surface area contributed by atoms with Gasteiger partial charge in [-0.3, -0.25) is 0 Å². The number of carbonyl (C=O) groups excluding carboxylic acids is 1. The van der Waals surface area contributed by atoms with Gasteiger partial charge in [-0.1, -0.05) is 30.3 Å². The zero-order chi connectivity index (χ0) is 16.0. The van der Waals surface area contributed by atoms with Crippen molar-refractivity contribution >= 4 is 22.2 Å². The molecule has 0 amide bonds. The Morgan fingerprint density at radius 2 is 2.09 bits per heavy atom. The minimum atomic E-state index is -4.14. The van der Waals surface area contributed by atoms with E-state index in [9.17, 15) is 13.2 Å². The summed E-state index contributed by atoms with van der Waals surface area (Å²) in [4.78, 5) is 18.3. The van der Waals surface area contributed by atoms with Crippen molar-refractivity contribution in [3.63, 3.8) is 0 Å². The Morgan fingerprint density at radius 3 is 2.73 bits per heavy atom. The number of aromatic nitrogens is 2. The van der Waals surface area contributed by atoms with E-state index >= 15 is 0 Å². The second-order valence-electron chi connectivity index (χ2n) is 4.50. The lowest BCUT2D eigenvalue weighted by molar-refractivity contribution is -0.135. The Balaban J connectivity index is 1.96. The highest BCUT2D eigenvalue weighted by Crippen LogP contribution is 2.07. The summed E-state index contributed by atoms with van der Waals surface area (Å²) < 4.78 is 27.9. The lowest BCUT2D eigenvalue weighted by Gasteiger charge is -2.08. The van der Waals surface area contributed by atoms with Crippen molar-refractivity contribution < 1.29 is 17.4 Å². The number of hydrogen-bond acceptors (Lipinski definition) is 6. The summed E-state index contributed by atoms with van der Waals surface area (Å²) in [5.41, 5.74) is 6.89. The van der Waals surface area contributed by atoms with Crippen molar-refractivity contribution in [1.29, 1.82) is 0 Å². The normalized spacial score (nSPS) is 13.1. The predicted molar refractivity (Wildman–Crippen MR) is 80.8 cm³/mol. The number of rotatable bonds is 6. The second kappa shape index (κ2) is 7.01. The Kier molecular flexibility index (Phi) is 5.08. The van der Waals surface area contributed by atoms with Crippen LogP contribution in [0, 0.1) is 0 Å². The molecular formula is C14H15N3O4S. The van der Waals surface area contributed by atoms with E-state index in [0.717, 1.165) is 5.41 Å². The SMILES string of the molecule is N[C@@H](Cc1cnc[nH]1)C(=O)OS(=O)(=O)C=Cc1ccccc1. The van der Waals surface area contributed by atoms with Gasteiger partial charge in [0, 0.05) is 18.3 Å². The smallest absolute Gasteiger partial charge is 0.339 e. The van der Waals surface area contributed by atoms with Gasteiger partial charge in [0.05, 0.1) is 11.7 Å². The number of aromatic amines is 1. The van der Waals surface area contributed by atoms with Crippen LogP contribution in [0.25, 0.3) is 6.08 Å². The molecule has 2 rings (SSSR count). The van der Waals surface area contributed by atoms with E-state index in [1.165, 1.54) is 18.6 Å². The van der Waals surface area contributed by atoms with Gasteiger partial charge in [0.1, 0.15) is 6.04 Å². The molecule has 0 radical (unpaired) electrons. The maximum absolute atomic E-state index is 11.7. The van der Waals surface area contributed by atoms with Gasteiger partial charge >= 0.3 is 16.1 Å². The van der Waals surface area contributed by atoms with Crippen LogP contribution >= 0.6 is 0 Å². The third-order valence-corrected chi connectivity index (χ3v) is 3.59. The molecule has 0 fully saturated rings. The van der Waals surface area contributed by atoms with E-state index in [0.29, 0.717) is 11.3 Å². The topological polar surface area (TPSA) is 115 Å². The number of nitrogens with zero attached hydrogens (tertiary/aromatic N) is 1. The molecule has 22 heavy (non-hydrogen) atoms. The van der Waals surface area contributed by atoms with Crippen molar-refractivity contribution in [2.75, 3.05) is 0 Å². The van der Waals surface area contributed by atoms with Crippen LogP contribution in [0.5, 0.6) is 0 Å². The molecule has 0 bridgehead atoms.